The Morgan fingerprint density at radius 3 is 2.57 bits per heavy atom. The first-order chi connectivity index (χ1) is 13.2. The molecule has 2 unspecified atom stereocenters. The number of aromatic hydroxyl groups is 1. The van der Waals surface area contributed by atoms with E-state index in [0.29, 0.717) is 17.9 Å². The molecule has 1 aromatic carbocycles. The number of aliphatic hydroxyl groups is 2. The highest BCUT2D eigenvalue weighted by Crippen LogP contribution is 2.31. The van der Waals surface area contributed by atoms with Crippen molar-refractivity contribution in [3.8, 4) is 11.5 Å². The summed E-state index contributed by atoms with van der Waals surface area (Å²) in [6.07, 6.45) is 2.22. The van der Waals surface area contributed by atoms with E-state index in [1.54, 1.807) is 26.8 Å². The summed E-state index contributed by atoms with van der Waals surface area (Å²) in [4.78, 5) is 24.7. The van der Waals surface area contributed by atoms with Gasteiger partial charge in [-0.15, -0.1) is 0 Å². The van der Waals surface area contributed by atoms with Gasteiger partial charge < -0.3 is 24.8 Å². The van der Waals surface area contributed by atoms with Crippen LogP contribution in [0.5, 0.6) is 11.5 Å². The maximum Gasteiger partial charge on any atom is 0.342 e. The van der Waals surface area contributed by atoms with E-state index in [9.17, 15) is 24.9 Å². The fourth-order valence-corrected chi connectivity index (χ4v) is 2.72. The summed E-state index contributed by atoms with van der Waals surface area (Å²) in [6.45, 7) is 5.57. The second-order valence-electron chi connectivity index (χ2n) is 6.72. The van der Waals surface area contributed by atoms with Crippen LogP contribution in [0.25, 0.3) is 6.08 Å². The molecule has 7 heteroatoms. The predicted molar refractivity (Wildman–Crippen MR) is 103 cm³/mol. The molecule has 0 fully saturated rings. The van der Waals surface area contributed by atoms with Gasteiger partial charge in [-0.25, -0.2) is 4.79 Å². The molecule has 0 saturated heterocycles. The summed E-state index contributed by atoms with van der Waals surface area (Å²) in [5.41, 5.74) is 0.319. The zero-order valence-electron chi connectivity index (χ0n) is 16.2. The minimum atomic E-state index is -1.56. The molecule has 1 aliphatic heterocycles. The van der Waals surface area contributed by atoms with Gasteiger partial charge in [0.05, 0.1) is 12.7 Å². The van der Waals surface area contributed by atoms with Gasteiger partial charge in [0.1, 0.15) is 29.3 Å². The van der Waals surface area contributed by atoms with Gasteiger partial charge in [-0.3, -0.25) is 4.79 Å². The number of carbonyl (C=O) groups excluding carboxylic acids is 2. The molecule has 0 saturated carbocycles. The minimum Gasteiger partial charge on any atom is -0.507 e. The summed E-state index contributed by atoms with van der Waals surface area (Å²) < 4.78 is 10.8. The SMILES string of the molecule is CCOc1cc(O)c2c(c1)/C=C/CC(O)C(O)C(=O)/C=C\[C@@H](C)[C@H](C)OC2=O. The molecule has 0 aromatic heterocycles. The second kappa shape index (κ2) is 9.52. The lowest BCUT2D eigenvalue weighted by Gasteiger charge is -2.20. The van der Waals surface area contributed by atoms with Gasteiger partial charge in [-0.05, 0) is 38.0 Å². The molecular formula is C21H26O7. The molecule has 2 rings (SSSR count). The van der Waals surface area contributed by atoms with Crippen LogP contribution in [0.3, 0.4) is 0 Å². The second-order valence-corrected chi connectivity index (χ2v) is 6.72. The fraction of sp³-hybridized carbons (Fsp3) is 0.429. The van der Waals surface area contributed by atoms with E-state index in [2.05, 4.69) is 0 Å². The Kier molecular flexibility index (Phi) is 7.37. The zero-order valence-corrected chi connectivity index (χ0v) is 16.2. The molecule has 4 atom stereocenters. The highest BCUT2D eigenvalue weighted by molar-refractivity contribution is 5.97. The number of phenolic OH excluding ortho intramolecular Hbond substituents is 1. The van der Waals surface area contributed by atoms with Crippen molar-refractivity contribution in [2.24, 2.45) is 5.92 Å². The van der Waals surface area contributed by atoms with Crippen molar-refractivity contribution >= 4 is 17.8 Å². The Hall–Kier alpha value is -2.64. The lowest BCUT2D eigenvalue weighted by molar-refractivity contribution is -0.127. The van der Waals surface area contributed by atoms with E-state index in [4.69, 9.17) is 9.47 Å². The summed E-state index contributed by atoms with van der Waals surface area (Å²) in [5, 5.41) is 30.4. The summed E-state index contributed by atoms with van der Waals surface area (Å²) >= 11 is 0. The summed E-state index contributed by atoms with van der Waals surface area (Å²) in [5.74, 6) is -1.58. The summed E-state index contributed by atoms with van der Waals surface area (Å²) in [6, 6.07) is 2.91. The molecule has 0 spiro atoms. The van der Waals surface area contributed by atoms with Crippen LogP contribution in [0.1, 0.15) is 43.1 Å². The number of benzene rings is 1. The molecule has 7 nitrogen and oxygen atoms in total. The number of rotatable bonds is 2. The lowest BCUT2D eigenvalue weighted by Crippen LogP contribution is -2.32. The van der Waals surface area contributed by atoms with E-state index in [-0.39, 0.29) is 23.7 Å². The van der Waals surface area contributed by atoms with Gasteiger partial charge in [0.25, 0.3) is 0 Å². The maximum absolute atomic E-state index is 12.7. The van der Waals surface area contributed by atoms with Crippen LogP contribution in [-0.4, -0.2) is 52.0 Å². The van der Waals surface area contributed by atoms with E-state index in [1.807, 2.05) is 0 Å². The monoisotopic (exact) mass is 390 g/mol. The number of carbonyl (C=O) groups is 2. The van der Waals surface area contributed by atoms with Gasteiger partial charge >= 0.3 is 5.97 Å². The van der Waals surface area contributed by atoms with Gasteiger partial charge in [-0.2, -0.15) is 0 Å². The van der Waals surface area contributed by atoms with Crippen molar-refractivity contribution in [3.63, 3.8) is 0 Å². The van der Waals surface area contributed by atoms with Crippen LogP contribution in [0.2, 0.25) is 0 Å². The lowest BCUT2D eigenvalue weighted by atomic mass is 9.99. The smallest absolute Gasteiger partial charge is 0.342 e. The standard InChI is InChI=1S/C21H26O7/c1-4-27-15-10-14-6-5-7-16(22)20(25)17(23)9-8-12(2)13(3)28-21(26)19(14)18(24)11-15/h5-6,8-13,16,20,22,24-25H,4,7H2,1-3H3/b6-5+,9-8-/t12-,13+,16?,20?/m1/s1. The Morgan fingerprint density at radius 2 is 1.89 bits per heavy atom. The number of ether oxygens (including phenoxy) is 2. The number of cyclic esters (lactones) is 1. The Morgan fingerprint density at radius 1 is 1.18 bits per heavy atom. The minimum absolute atomic E-state index is 0.0223. The van der Waals surface area contributed by atoms with E-state index < -0.39 is 30.1 Å². The van der Waals surface area contributed by atoms with Crippen LogP contribution < -0.4 is 4.74 Å². The van der Waals surface area contributed by atoms with Crippen molar-refractivity contribution in [2.75, 3.05) is 6.61 Å². The first-order valence-electron chi connectivity index (χ1n) is 9.20. The number of esters is 1. The van der Waals surface area contributed by atoms with Crippen LogP contribution in [-0.2, 0) is 9.53 Å². The Labute approximate surface area is 163 Å². The molecule has 1 aromatic rings. The zero-order chi connectivity index (χ0) is 20.8. The van der Waals surface area contributed by atoms with Gasteiger partial charge in [0.15, 0.2) is 5.78 Å². The third-order valence-corrected chi connectivity index (χ3v) is 4.57. The van der Waals surface area contributed by atoms with Crippen LogP contribution in [0.15, 0.2) is 30.4 Å². The first-order valence-corrected chi connectivity index (χ1v) is 9.20. The topological polar surface area (TPSA) is 113 Å². The number of ketones is 1. The van der Waals surface area contributed by atoms with E-state index in [0.717, 1.165) is 0 Å². The van der Waals surface area contributed by atoms with Crippen LogP contribution >= 0.6 is 0 Å². The molecule has 0 aliphatic carbocycles. The normalized spacial score (nSPS) is 28.6. The Balaban J connectivity index is 2.50. The molecule has 0 radical (unpaired) electrons. The molecule has 28 heavy (non-hydrogen) atoms. The average molecular weight is 390 g/mol. The van der Waals surface area contributed by atoms with Crippen molar-refractivity contribution in [3.05, 3.63) is 41.5 Å². The van der Waals surface area contributed by atoms with Crippen LogP contribution in [0, 0.1) is 5.92 Å². The number of fused-ring (bicyclic) bond motifs is 1. The molecule has 3 N–H and O–H groups in total. The maximum atomic E-state index is 12.7. The number of aliphatic hydroxyl groups excluding tert-OH is 2. The first kappa shape index (κ1) is 21.7. The number of hydrogen-bond donors (Lipinski definition) is 3. The third-order valence-electron chi connectivity index (χ3n) is 4.57. The quantitative estimate of drug-likeness (QED) is 0.664. The van der Waals surface area contributed by atoms with Gasteiger partial charge in [0, 0.05) is 12.0 Å². The average Bonchev–Trinajstić information content (AvgIpc) is 2.64. The van der Waals surface area contributed by atoms with Crippen LogP contribution in [0.4, 0.5) is 0 Å². The van der Waals surface area contributed by atoms with Crippen molar-refractivity contribution in [1.29, 1.82) is 0 Å². The highest BCUT2D eigenvalue weighted by atomic mass is 16.5. The molecule has 0 bridgehead atoms. The fourth-order valence-electron chi connectivity index (χ4n) is 2.72. The number of phenols is 1. The largest absolute Gasteiger partial charge is 0.507 e. The molecule has 1 heterocycles. The number of hydrogen-bond acceptors (Lipinski definition) is 7. The Bertz CT molecular complexity index is 781. The molecule has 0 amide bonds. The summed E-state index contributed by atoms with van der Waals surface area (Å²) in [7, 11) is 0. The van der Waals surface area contributed by atoms with Crippen molar-refractivity contribution in [2.45, 2.75) is 45.5 Å². The van der Waals surface area contributed by atoms with Gasteiger partial charge in [-0.1, -0.05) is 25.2 Å². The van der Waals surface area contributed by atoms with Gasteiger partial charge in [0.2, 0.25) is 0 Å². The van der Waals surface area contributed by atoms with Crippen molar-refractivity contribution in [1.82, 2.24) is 0 Å². The van der Waals surface area contributed by atoms with E-state index in [1.165, 1.54) is 30.4 Å². The molecule has 152 valence electrons. The predicted octanol–water partition coefficient (Wildman–Crippen LogP) is 2.24. The van der Waals surface area contributed by atoms with E-state index >= 15 is 0 Å². The molecular weight excluding hydrogens is 364 g/mol. The molecule has 1 aliphatic rings. The highest BCUT2D eigenvalue weighted by Gasteiger charge is 2.25. The van der Waals surface area contributed by atoms with Crippen molar-refractivity contribution < 1.29 is 34.4 Å². The third kappa shape index (κ3) is 5.21.